The van der Waals surface area contributed by atoms with Crippen molar-refractivity contribution >= 4 is 39.8 Å². The van der Waals surface area contributed by atoms with Crippen LogP contribution in [0.25, 0.3) is 22.3 Å². The van der Waals surface area contributed by atoms with E-state index in [1.54, 1.807) is 30.7 Å². The molecule has 3 aromatic heterocycles. The zero-order valence-electron chi connectivity index (χ0n) is 18.5. The fourth-order valence-electron chi connectivity index (χ4n) is 3.83. The predicted octanol–water partition coefficient (Wildman–Crippen LogP) is 3.73. The largest absolute Gasteiger partial charge is 0.381 e. The fourth-order valence-corrected chi connectivity index (χ4v) is 3.83. The lowest BCUT2D eigenvalue weighted by atomic mass is 10.1. The molecule has 0 bridgehead atoms. The SMILES string of the molecule is C=CC(=O)Nc1ccnc(-c2nccc3cnc(Nc4ccc(N[C@@H]5CCNC5)cc4)nc23)c1. The molecule has 1 atom stereocenters. The van der Waals surface area contributed by atoms with Crippen molar-refractivity contribution in [2.45, 2.75) is 12.5 Å². The van der Waals surface area contributed by atoms with Crippen molar-refractivity contribution in [1.82, 2.24) is 25.3 Å². The van der Waals surface area contributed by atoms with Crippen LogP contribution in [0.15, 0.2) is 73.7 Å². The minimum absolute atomic E-state index is 0.294. The lowest BCUT2D eigenvalue weighted by Crippen LogP contribution is -2.21. The van der Waals surface area contributed by atoms with E-state index in [1.807, 2.05) is 30.3 Å². The van der Waals surface area contributed by atoms with Gasteiger partial charge in [-0.15, -0.1) is 0 Å². The molecule has 9 nitrogen and oxygen atoms in total. The van der Waals surface area contributed by atoms with Gasteiger partial charge in [-0.25, -0.2) is 9.97 Å². The Morgan fingerprint density at radius 1 is 1.03 bits per heavy atom. The van der Waals surface area contributed by atoms with Gasteiger partial charge in [0.05, 0.1) is 5.69 Å². The van der Waals surface area contributed by atoms with Gasteiger partial charge >= 0.3 is 0 Å². The van der Waals surface area contributed by atoms with Gasteiger partial charge in [0.15, 0.2) is 0 Å². The first-order valence-corrected chi connectivity index (χ1v) is 11.0. The molecule has 4 heterocycles. The van der Waals surface area contributed by atoms with Crippen LogP contribution in [0.5, 0.6) is 0 Å². The molecular weight excluding hydrogens is 428 g/mol. The van der Waals surface area contributed by atoms with E-state index in [-0.39, 0.29) is 5.91 Å². The second-order valence-electron chi connectivity index (χ2n) is 7.95. The Morgan fingerprint density at radius 2 is 1.85 bits per heavy atom. The number of aromatic nitrogens is 4. The monoisotopic (exact) mass is 452 g/mol. The van der Waals surface area contributed by atoms with Crippen LogP contribution in [0.3, 0.4) is 0 Å². The van der Waals surface area contributed by atoms with E-state index in [0.717, 1.165) is 36.3 Å². The molecule has 1 aliphatic heterocycles. The van der Waals surface area contributed by atoms with Gasteiger partial charge < -0.3 is 21.3 Å². The molecule has 170 valence electrons. The van der Waals surface area contributed by atoms with Crippen molar-refractivity contribution in [2.24, 2.45) is 0 Å². The Labute approximate surface area is 196 Å². The summed E-state index contributed by atoms with van der Waals surface area (Å²) >= 11 is 0. The van der Waals surface area contributed by atoms with E-state index < -0.39 is 0 Å². The van der Waals surface area contributed by atoms with E-state index in [0.29, 0.717) is 34.6 Å². The van der Waals surface area contributed by atoms with Crippen LogP contribution < -0.4 is 21.3 Å². The van der Waals surface area contributed by atoms with E-state index in [9.17, 15) is 4.79 Å². The van der Waals surface area contributed by atoms with E-state index in [2.05, 4.69) is 42.8 Å². The molecule has 0 saturated carbocycles. The summed E-state index contributed by atoms with van der Waals surface area (Å²) in [4.78, 5) is 29.7. The number of nitrogens with zero attached hydrogens (tertiary/aromatic N) is 4. The summed E-state index contributed by atoms with van der Waals surface area (Å²) in [5, 5.41) is 13.7. The van der Waals surface area contributed by atoms with Gasteiger partial charge in [-0.3, -0.25) is 14.8 Å². The first-order valence-electron chi connectivity index (χ1n) is 11.0. The number of carbonyl (C=O) groups excluding carboxylic acids is 1. The number of pyridine rings is 2. The predicted molar refractivity (Wildman–Crippen MR) is 134 cm³/mol. The maximum atomic E-state index is 11.7. The standard InChI is InChI=1S/C25H24N8O/c1-2-22(34)31-19-9-12-27-21(13-19)24-23-16(7-11-28-24)14-29-25(33-23)32-18-5-3-17(4-6-18)30-20-8-10-26-15-20/h2-7,9,11-14,20,26,30H,1,8,10,15H2,(H,27,31,34)(H,29,32,33)/t20-/m1/s1. The number of hydrogen-bond acceptors (Lipinski definition) is 8. The molecule has 34 heavy (non-hydrogen) atoms. The summed E-state index contributed by atoms with van der Waals surface area (Å²) in [5.74, 6) is 0.163. The molecule has 1 amide bonds. The highest BCUT2D eigenvalue weighted by Gasteiger charge is 2.14. The third-order valence-electron chi connectivity index (χ3n) is 5.53. The zero-order valence-corrected chi connectivity index (χ0v) is 18.5. The average Bonchev–Trinajstić information content (AvgIpc) is 3.38. The first-order chi connectivity index (χ1) is 16.7. The van der Waals surface area contributed by atoms with Gasteiger partial charge in [-0.2, -0.15) is 0 Å². The normalized spacial score (nSPS) is 15.1. The highest BCUT2D eigenvalue weighted by Crippen LogP contribution is 2.26. The number of nitrogens with one attached hydrogen (secondary N) is 4. The molecule has 4 aromatic rings. The summed E-state index contributed by atoms with van der Waals surface area (Å²) in [6.07, 6.45) is 7.40. The molecule has 0 aliphatic carbocycles. The molecule has 1 aliphatic rings. The molecule has 4 N–H and O–H groups in total. The number of benzene rings is 1. The molecule has 0 unspecified atom stereocenters. The van der Waals surface area contributed by atoms with Crippen molar-refractivity contribution in [2.75, 3.05) is 29.0 Å². The summed E-state index contributed by atoms with van der Waals surface area (Å²) in [7, 11) is 0. The number of anilines is 4. The van der Waals surface area contributed by atoms with Crippen LogP contribution in [0.1, 0.15) is 6.42 Å². The van der Waals surface area contributed by atoms with Crippen molar-refractivity contribution in [3.63, 3.8) is 0 Å². The summed E-state index contributed by atoms with van der Waals surface area (Å²) < 4.78 is 0. The van der Waals surface area contributed by atoms with Gasteiger partial charge in [0.1, 0.15) is 11.2 Å². The Morgan fingerprint density at radius 3 is 2.65 bits per heavy atom. The van der Waals surface area contributed by atoms with Gasteiger partial charge in [-0.1, -0.05) is 6.58 Å². The highest BCUT2D eigenvalue weighted by atomic mass is 16.1. The van der Waals surface area contributed by atoms with Crippen LogP contribution in [-0.4, -0.2) is 45.0 Å². The minimum atomic E-state index is -0.294. The summed E-state index contributed by atoms with van der Waals surface area (Å²) in [5.41, 5.74) is 4.41. The smallest absolute Gasteiger partial charge is 0.247 e. The molecule has 5 rings (SSSR count). The Bertz CT molecular complexity index is 1330. The second-order valence-corrected chi connectivity index (χ2v) is 7.95. The second kappa shape index (κ2) is 9.63. The van der Waals surface area contributed by atoms with Crippen molar-refractivity contribution in [3.8, 4) is 11.4 Å². The van der Waals surface area contributed by atoms with E-state index in [1.165, 1.54) is 6.08 Å². The van der Waals surface area contributed by atoms with Crippen LogP contribution >= 0.6 is 0 Å². The highest BCUT2D eigenvalue weighted by molar-refractivity contribution is 5.99. The summed E-state index contributed by atoms with van der Waals surface area (Å²) in [6.45, 7) is 5.52. The third kappa shape index (κ3) is 4.84. The summed E-state index contributed by atoms with van der Waals surface area (Å²) in [6, 6.07) is 13.9. The Kier molecular flexibility index (Phi) is 6.09. The van der Waals surface area contributed by atoms with Crippen molar-refractivity contribution < 1.29 is 4.79 Å². The lowest BCUT2D eigenvalue weighted by Gasteiger charge is -2.13. The zero-order chi connectivity index (χ0) is 23.3. The Hall–Kier alpha value is -4.37. The maximum Gasteiger partial charge on any atom is 0.247 e. The molecular formula is C25H24N8O. The molecule has 0 spiro atoms. The number of fused-ring (bicyclic) bond motifs is 1. The maximum absolute atomic E-state index is 11.7. The number of amides is 1. The topological polar surface area (TPSA) is 117 Å². The quantitative estimate of drug-likeness (QED) is 0.314. The minimum Gasteiger partial charge on any atom is -0.381 e. The van der Waals surface area contributed by atoms with E-state index >= 15 is 0 Å². The average molecular weight is 453 g/mol. The molecule has 1 aromatic carbocycles. The van der Waals surface area contributed by atoms with Gasteiger partial charge in [0, 0.05) is 53.6 Å². The van der Waals surface area contributed by atoms with Gasteiger partial charge in [-0.05, 0) is 61.5 Å². The van der Waals surface area contributed by atoms with Crippen LogP contribution in [0, 0.1) is 0 Å². The van der Waals surface area contributed by atoms with Crippen LogP contribution in [-0.2, 0) is 4.79 Å². The van der Waals surface area contributed by atoms with Crippen molar-refractivity contribution in [1.29, 1.82) is 0 Å². The molecule has 1 saturated heterocycles. The van der Waals surface area contributed by atoms with E-state index in [4.69, 9.17) is 4.98 Å². The fraction of sp³-hybridized carbons (Fsp3) is 0.160. The molecule has 0 radical (unpaired) electrons. The van der Waals surface area contributed by atoms with Gasteiger partial charge in [0.25, 0.3) is 0 Å². The molecule has 9 heteroatoms. The van der Waals surface area contributed by atoms with Gasteiger partial charge in [0.2, 0.25) is 11.9 Å². The first kappa shape index (κ1) is 21.5. The van der Waals surface area contributed by atoms with Crippen molar-refractivity contribution in [3.05, 3.63) is 73.7 Å². The van der Waals surface area contributed by atoms with Crippen LogP contribution in [0.4, 0.5) is 23.0 Å². The molecule has 1 fully saturated rings. The number of rotatable bonds is 7. The number of carbonyl (C=O) groups is 1. The number of hydrogen-bond donors (Lipinski definition) is 4. The Balaban J connectivity index is 1.39. The van der Waals surface area contributed by atoms with Crippen LogP contribution in [0.2, 0.25) is 0 Å². The third-order valence-corrected chi connectivity index (χ3v) is 5.53. The lowest BCUT2D eigenvalue weighted by molar-refractivity contribution is -0.111.